The summed E-state index contributed by atoms with van der Waals surface area (Å²) < 4.78 is 4.96. The van der Waals surface area contributed by atoms with Crippen molar-refractivity contribution in [3.63, 3.8) is 0 Å². The van der Waals surface area contributed by atoms with Crippen molar-refractivity contribution in [2.75, 3.05) is 50.5 Å². The van der Waals surface area contributed by atoms with Gasteiger partial charge in [0.1, 0.15) is 0 Å². The summed E-state index contributed by atoms with van der Waals surface area (Å²) in [5.74, 6) is -0.395. The molecule has 34 heavy (non-hydrogen) atoms. The van der Waals surface area contributed by atoms with E-state index < -0.39 is 0 Å². The molecule has 0 saturated heterocycles. The minimum atomic E-state index is -0.230. The van der Waals surface area contributed by atoms with Crippen molar-refractivity contribution in [3.05, 3.63) is 59.7 Å². The second-order valence-corrected chi connectivity index (χ2v) is 7.95. The normalized spacial score (nSPS) is 10.4. The number of ether oxygens (including phenoxy) is 1. The van der Waals surface area contributed by atoms with E-state index in [-0.39, 0.29) is 24.3 Å². The number of nitrogens with zero attached hydrogens (tertiary/aromatic N) is 1. The van der Waals surface area contributed by atoms with Crippen LogP contribution in [0.4, 0.5) is 11.4 Å². The van der Waals surface area contributed by atoms with Gasteiger partial charge >= 0.3 is 0 Å². The third-order valence-electron chi connectivity index (χ3n) is 5.08. The molecule has 0 fully saturated rings. The molecule has 2 aromatic rings. The lowest BCUT2D eigenvalue weighted by Gasteiger charge is -2.21. The second kappa shape index (κ2) is 14.7. The molecular formula is C26H36N4O4. The van der Waals surface area contributed by atoms with Gasteiger partial charge in [-0.25, -0.2) is 0 Å². The van der Waals surface area contributed by atoms with Gasteiger partial charge in [0.15, 0.2) is 0 Å². The van der Waals surface area contributed by atoms with Gasteiger partial charge in [-0.15, -0.1) is 0 Å². The molecule has 2 aromatic carbocycles. The van der Waals surface area contributed by atoms with Crippen LogP contribution >= 0.6 is 0 Å². The predicted molar refractivity (Wildman–Crippen MR) is 135 cm³/mol. The summed E-state index contributed by atoms with van der Waals surface area (Å²) in [6, 6.07) is 13.9. The summed E-state index contributed by atoms with van der Waals surface area (Å²) in [6.45, 7) is 6.74. The van der Waals surface area contributed by atoms with Crippen LogP contribution in [0.1, 0.15) is 53.8 Å². The van der Waals surface area contributed by atoms with Gasteiger partial charge in [0.25, 0.3) is 11.8 Å². The summed E-state index contributed by atoms with van der Waals surface area (Å²) in [5, 5.41) is 8.69. The van der Waals surface area contributed by atoms with E-state index in [2.05, 4.69) is 29.8 Å². The lowest BCUT2D eigenvalue weighted by Crippen LogP contribution is -2.32. The number of anilines is 2. The van der Waals surface area contributed by atoms with Gasteiger partial charge in [-0.2, -0.15) is 0 Å². The van der Waals surface area contributed by atoms with E-state index in [0.29, 0.717) is 35.7 Å². The summed E-state index contributed by atoms with van der Waals surface area (Å²) in [7, 11) is 1.62. The van der Waals surface area contributed by atoms with Crippen LogP contribution in [-0.2, 0) is 9.53 Å². The van der Waals surface area contributed by atoms with Gasteiger partial charge in [-0.3, -0.25) is 14.4 Å². The molecule has 3 amide bonds. The number of hydrogen-bond donors (Lipinski definition) is 3. The van der Waals surface area contributed by atoms with Crippen molar-refractivity contribution in [1.82, 2.24) is 10.2 Å². The number of methoxy groups -OCH3 is 1. The fourth-order valence-corrected chi connectivity index (χ4v) is 3.41. The van der Waals surface area contributed by atoms with Gasteiger partial charge < -0.3 is 25.6 Å². The molecule has 8 nitrogen and oxygen atoms in total. The maximum absolute atomic E-state index is 12.8. The molecule has 0 atom stereocenters. The van der Waals surface area contributed by atoms with Crippen molar-refractivity contribution >= 4 is 29.1 Å². The Morgan fingerprint density at radius 3 is 2.26 bits per heavy atom. The molecule has 184 valence electrons. The summed E-state index contributed by atoms with van der Waals surface area (Å²) in [5.41, 5.74) is 2.43. The van der Waals surface area contributed by atoms with Gasteiger partial charge in [-0.05, 0) is 61.7 Å². The first-order valence-electron chi connectivity index (χ1n) is 11.8. The zero-order valence-electron chi connectivity index (χ0n) is 20.4. The van der Waals surface area contributed by atoms with Crippen LogP contribution in [0, 0.1) is 0 Å². The van der Waals surface area contributed by atoms with E-state index >= 15 is 0 Å². The minimum absolute atomic E-state index is 0.000347. The molecule has 0 spiro atoms. The number of hydrogen-bond acceptors (Lipinski definition) is 5. The van der Waals surface area contributed by atoms with Crippen molar-refractivity contribution in [1.29, 1.82) is 0 Å². The molecule has 0 saturated carbocycles. The Balaban J connectivity index is 1.86. The molecule has 0 heterocycles. The highest BCUT2D eigenvalue weighted by Crippen LogP contribution is 2.14. The summed E-state index contributed by atoms with van der Waals surface area (Å²) in [6.07, 6.45) is 2.56. The fraction of sp³-hybridized carbons (Fsp3) is 0.423. The molecule has 0 aliphatic heterocycles. The molecule has 0 aliphatic carbocycles. The number of carbonyl (C=O) groups excluding carboxylic acids is 3. The molecule has 0 radical (unpaired) electrons. The molecule has 3 N–H and O–H groups in total. The highest BCUT2D eigenvalue weighted by molar-refractivity contribution is 5.97. The molecule has 0 aromatic heterocycles. The largest absolute Gasteiger partial charge is 0.385 e. The third-order valence-corrected chi connectivity index (χ3v) is 5.08. The van der Waals surface area contributed by atoms with Gasteiger partial charge in [0.05, 0.1) is 6.54 Å². The van der Waals surface area contributed by atoms with Crippen molar-refractivity contribution in [3.8, 4) is 0 Å². The number of amides is 3. The SMILES string of the molecule is CCCN(CCC)C(=O)c1cccc(NCC(=O)Nc2ccc(C(=O)NCCCOC)cc2)c1. The van der Waals surface area contributed by atoms with Crippen molar-refractivity contribution < 1.29 is 19.1 Å². The van der Waals surface area contributed by atoms with E-state index in [1.807, 2.05) is 17.0 Å². The first kappa shape index (κ1) is 26.9. The van der Waals surface area contributed by atoms with E-state index in [1.165, 1.54) is 0 Å². The van der Waals surface area contributed by atoms with Crippen molar-refractivity contribution in [2.45, 2.75) is 33.1 Å². The van der Waals surface area contributed by atoms with Gasteiger partial charge in [0.2, 0.25) is 5.91 Å². The van der Waals surface area contributed by atoms with Gasteiger partial charge in [-0.1, -0.05) is 19.9 Å². The van der Waals surface area contributed by atoms with Crippen LogP contribution in [-0.4, -0.2) is 62.5 Å². The third kappa shape index (κ3) is 8.86. The van der Waals surface area contributed by atoms with Crippen LogP contribution < -0.4 is 16.0 Å². The monoisotopic (exact) mass is 468 g/mol. The predicted octanol–water partition coefficient (Wildman–Crippen LogP) is 3.77. The molecule has 2 rings (SSSR count). The Morgan fingerprint density at radius 2 is 1.62 bits per heavy atom. The van der Waals surface area contributed by atoms with Crippen molar-refractivity contribution in [2.24, 2.45) is 0 Å². The topological polar surface area (TPSA) is 99.8 Å². The van der Waals surface area contributed by atoms with Gasteiger partial charge in [0, 0.05) is 55.9 Å². The van der Waals surface area contributed by atoms with Crippen LogP contribution in [0.3, 0.4) is 0 Å². The maximum Gasteiger partial charge on any atom is 0.253 e. The number of carbonyl (C=O) groups is 3. The Labute approximate surface area is 202 Å². The minimum Gasteiger partial charge on any atom is -0.385 e. The van der Waals surface area contributed by atoms with Crippen LogP contribution in [0.15, 0.2) is 48.5 Å². The molecular weight excluding hydrogens is 432 g/mol. The lowest BCUT2D eigenvalue weighted by molar-refractivity contribution is -0.114. The van der Waals surface area contributed by atoms with Crippen LogP contribution in [0.2, 0.25) is 0 Å². The number of benzene rings is 2. The first-order chi connectivity index (χ1) is 16.5. The molecule has 8 heteroatoms. The van der Waals surface area contributed by atoms with Crippen LogP contribution in [0.5, 0.6) is 0 Å². The average molecular weight is 469 g/mol. The standard InChI is InChI=1S/C26H36N4O4/c1-4-15-30(16-5-2)26(33)21-8-6-9-23(18-21)28-19-24(31)29-22-12-10-20(11-13-22)25(32)27-14-7-17-34-3/h6,8-13,18,28H,4-5,7,14-17,19H2,1-3H3,(H,27,32)(H,29,31). The van der Waals surface area contributed by atoms with E-state index in [1.54, 1.807) is 43.5 Å². The molecule has 0 unspecified atom stereocenters. The fourth-order valence-electron chi connectivity index (χ4n) is 3.41. The highest BCUT2D eigenvalue weighted by atomic mass is 16.5. The zero-order valence-corrected chi connectivity index (χ0v) is 20.4. The zero-order chi connectivity index (χ0) is 24.8. The Hall–Kier alpha value is -3.39. The number of nitrogens with one attached hydrogen (secondary N) is 3. The summed E-state index contributed by atoms with van der Waals surface area (Å²) >= 11 is 0. The Bertz CT molecular complexity index is 925. The number of rotatable bonds is 14. The highest BCUT2D eigenvalue weighted by Gasteiger charge is 2.14. The Morgan fingerprint density at radius 1 is 0.912 bits per heavy atom. The summed E-state index contributed by atoms with van der Waals surface area (Å²) in [4.78, 5) is 39.1. The Kier molecular flexibility index (Phi) is 11.6. The second-order valence-electron chi connectivity index (χ2n) is 7.95. The average Bonchev–Trinajstić information content (AvgIpc) is 2.85. The first-order valence-corrected chi connectivity index (χ1v) is 11.8. The van der Waals surface area contributed by atoms with E-state index in [4.69, 9.17) is 4.74 Å². The van der Waals surface area contributed by atoms with E-state index in [9.17, 15) is 14.4 Å². The quantitative estimate of drug-likeness (QED) is 0.367. The molecule has 0 aliphatic rings. The lowest BCUT2D eigenvalue weighted by atomic mass is 10.1. The van der Waals surface area contributed by atoms with E-state index in [0.717, 1.165) is 32.4 Å². The molecule has 0 bridgehead atoms. The smallest absolute Gasteiger partial charge is 0.253 e. The van der Waals surface area contributed by atoms with Crippen LogP contribution in [0.25, 0.3) is 0 Å². The maximum atomic E-state index is 12.8.